The fourth-order valence-corrected chi connectivity index (χ4v) is 5.93. The normalized spacial score (nSPS) is 19.7. The maximum Gasteiger partial charge on any atom is 0.249 e. The molecule has 0 bridgehead atoms. The number of aromatic amines is 2. The van der Waals surface area contributed by atoms with Crippen LogP contribution in [0.4, 0.5) is 0 Å². The lowest BCUT2D eigenvalue weighted by Gasteiger charge is -2.34. The van der Waals surface area contributed by atoms with E-state index in [2.05, 4.69) is 34.2 Å². The summed E-state index contributed by atoms with van der Waals surface area (Å²) in [5, 5.41) is 2.47. The number of hydrogen-bond acceptors (Lipinski definition) is 3. The van der Waals surface area contributed by atoms with Gasteiger partial charge in [-0.3, -0.25) is 9.59 Å². The fraction of sp³-hybridized carbons (Fsp3) is 0.357. The van der Waals surface area contributed by atoms with Crippen LogP contribution in [0.2, 0.25) is 0 Å². The number of fused-ring (bicyclic) bond motifs is 6. The molecule has 4 aromatic rings. The topological polar surface area (TPSA) is 81.4 Å². The Hall–Kier alpha value is -3.58. The molecular formula is C28H30N4O3. The lowest BCUT2D eigenvalue weighted by molar-refractivity contribution is -0.144. The number of ether oxygens (including phenoxy) is 1. The summed E-state index contributed by atoms with van der Waals surface area (Å²) in [6.45, 7) is 5.21. The molecule has 2 aliphatic rings. The Morgan fingerprint density at radius 1 is 0.771 bits per heavy atom. The van der Waals surface area contributed by atoms with Gasteiger partial charge in [-0.1, -0.05) is 36.4 Å². The largest absolute Gasteiger partial charge is 0.362 e. The molecule has 0 fully saturated rings. The van der Waals surface area contributed by atoms with Crippen LogP contribution in [-0.4, -0.2) is 57.9 Å². The van der Waals surface area contributed by atoms with Gasteiger partial charge in [-0.15, -0.1) is 0 Å². The minimum atomic E-state index is -0.0918. The van der Waals surface area contributed by atoms with E-state index in [1.54, 1.807) is 0 Å². The molecule has 2 aromatic heterocycles. The summed E-state index contributed by atoms with van der Waals surface area (Å²) in [5.41, 5.74) is 6.99. The van der Waals surface area contributed by atoms with Gasteiger partial charge in [0.2, 0.25) is 11.8 Å². The average Bonchev–Trinajstić information content (AvgIpc) is 3.44. The summed E-state index contributed by atoms with van der Waals surface area (Å²) in [5.74, 6) is -0.168. The van der Waals surface area contributed by atoms with Crippen LogP contribution in [0.1, 0.15) is 48.4 Å². The minimum Gasteiger partial charge on any atom is -0.362 e. The number of carbonyl (C=O) groups is 2. The number of H-pyrrole nitrogens is 2. The highest BCUT2D eigenvalue weighted by atomic mass is 16.5. The van der Waals surface area contributed by atoms with Crippen molar-refractivity contribution in [2.75, 3.05) is 26.3 Å². The quantitative estimate of drug-likeness (QED) is 0.468. The zero-order chi connectivity index (χ0) is 24.1. The van der Waals surface area contributed by atoms with Crippen molar-refractivity contribution in [2.45, 2.75) is 38.8 Å². The Morgan fingerprint density at radius 3 is 1.66 bits per heavy atom. The third-order valence-electron chi connectivity index (χ3n) is 7.76. The molecule has 35 heavy (non-hydrogen) atoms. The number of hydrogen-bond donors (Lipinski definition) is 2. The monoisotopic (exact) mass is 470 g/mol. The van der Waals surface area contributed by atoms with E-state index in [9.17, 15) is 9.59 Å². The van der Waals surface area contributed by atoms with E-state index in [0.29, 0.717) is 13.1 Å². The van der Waals surface area contributed by atoms with E-state index in [-0.39, 0.29) is 37.1 Å². The molecule has 7 heteroatoms. The van der Waals surface area contributed by atoms with Gasteiger partial charge in [-0.05, 0) is 49.9 Å². The summed E-state index contributed by atoms with van der Waals surface area (Å²) in [6, 6.07) is 16.4. The standard InChI is InChI=1S/C28H30N4O3/c1-17-27-21(19-7-3-5-9-23(19)29-27)11-13-31(17)25(33)15-35-16-26(34)32-14-12-22-20-8-4-6-10-24(20)30-28(22)18(32)2/h3-10,17-18,29-30H,11-16H2,1-2H3. The predicted octanol–water partition coefficient (Wildman–Crippen LogP) is 4.26. The first-order chi connectivity index (χ1) is 17.0. The molecule has 0 saturated carbocycles. The summed E-state index contributed by atoms with van der Waals surface area (Å²) >= 11 is 0. The van der Waals surface area contributed by atoms with E-state index in [1.165, 1.54) is 21.9 Å². The molecule has 0 radical (unpaired) electrons. The predicted molar refractivity (Wildman–Crippen MR) is 135 cm³/mol. The van der Waals surface area contributed by atoms with Crippen LogP contribution in [0.5, 0.6) is 0 Å². The highest BCUT2D eigenvalue weighted by molar-refractivity contribution is 5.87. The molecule has 0 saturated heterocycles. The highest BCUT2D eigenvalue weighted by Gasteiger charge is 2.32. The van der Waals surface area contributed by atoms with Crippen molar-refractivity contribution in [3.05, 3.63) is 71.0 Å². The summed E-state index contributed by atoms with van der Waals surface area (Å²) in [6.07, 6.45) is 1.62. The van der Waals surface area contributed by atoms with E-state index < -0.39 is 0 Å². The van der Waals surface area contributed by atoms with E-state index in [1.807, 2.05) is 47.9 Å². The van der Waals surface area contributed by atoms with Crippen molar-refractivity contribution >= 4 is 33.6 Å². The van der Waals surface area contributed by atoms with Crippen LogP contribution in [0.25, 0.3) is 21.8 Å². The van der Waals surface area contributed by atoms with Crippen LogP contribution in [0.3, 0.4) is 0 Å². The molecule has 2 atom stereocenters. The number of nitrogens with zero attached hydrogens (tertiary/aromatic N) is 2. The number of benzene rings is 2. The summed E-state index contributed by atoms with van der Waals surface area (Å²) < 4.78 is 5.65. The molecule has 0 aliphatic carbocycles. The third kappa shape index (κ3) is 3.62. The first-order valence-electron chi connectivity index (χ1n) is 12.4. The number of rotatable bonds is 4. The Balaban J connectivity index is 1.08. The molecule has 4 heterocycles. The number of para-hydroxylation sites is 2. The van der Waals surface area contributed by atoms with Crippen molar-refractivity contribution in [3.8, 4) is 0 Å². The molecule has 7 nitrogen and oxygen atoms in total. The Bertz CT molecular complexity index is 1330. The number of nitrogens with one attached hydrogen (secondary N) is 2. The molecular weight excluding hydrogens is 440 g/mol. The van der Waals surface area contributed by atoms with Crippen molar-refractivity contribution in [2.24, 2.45) is 0 Å². The maximum atomic E-state index is 13.0. The van der Waals surface area contributed by atoms with Crippen LogP contribution < -0.4 is 0 Å². The smallest absolute Gasteiger partial charge is 0.249 e. The molecule has 2 aromatic carbocycles. The number of carbonyl (C=O) groups excluding carboxylic acids is 2. The molecule has 0 spiro atoms. The molecule has 180 valence electrons. The lowest BCUT2D eigenvalue weighted by atomic mass is 9.98. The van der Waals surface area contributed by atoms with Crippen LogP contribution in [0, 0.1) is 0 Å². The van der Waals surface area contributed by atoms with Crippen molar-refractivity contribution in [1.82, 2.24) is 19.8 Å². The van der Waals surface area contributed by atoms with Gasteiger partial charge in [0, 0.05) is 46.3 Å². The molecule has 6 rings (SSSR count). The second kappa shape index (κ2) is 8.57. The van der Waals surface area contributed by atoms with Gasteiger partial charge in [0.25, 0.3) is 0 Å². The average molecular weight is 471 g/mol. The number of aromatic nitrogens is 2. The van der Waals surface area contributed by atoms with Crippen LogP contribution in [-0.2, 0) is 27.2 Å². The Labute approximate surface area is 204 Å². The molecule has 2 amide bonds. The van der Waals surface area contributed by atoms with Crippen molar-refractivity contribution in [3.63, 3.8) is 0 Å². The Morgan fingerprint density at radius 2 is 1.20 bits per heavy atom. The van der Waals surface area contributed by atoms with Gasteiger partial charge in [0.15, 0.2) is 0 Å². The van der Waals surface area contributed by atoms with Crippen molar-refractivity contribution < 1.29 is 14.3 Å². The van der Waals surface area contributed by atoms with Gasteiger partial charge in [-0.25, -0.2) is 0 Å². The first-order valence-corrected chi connectivity index (χ1v) is 12.4. The number of amides is 2. The van der Waals surface area contributed by atoms with Gasteiger partial charge >= 0.3 is 0 Å². The molecule has 2 unspecified atom stereocenters. The van der Waals surface area contributed by atoms with Crippen molar-refractivity contribution in [1.29, 1.82) is 0 Å². The fourth-order valence-electron chi connectivity index (χ4n) is 5.93. The van der Waals surface area contributed by atoms with Crippen LogP contribution >= 0.6 is 0 Å². The summed E-state index contributed by atoms with van der Waals surface area (Å²) in [4.78, 5) is 36.6. The summed E-state index contributed by atoms with van der Waals surface area (Å²) in [7, 11) is 0. The van der Waals surface area contributed by atoms with Crippen LogP contribution in [0.15, 0.2) is 48.5 Å². The van der Waals surface area contributed by atoms with Gasteiger partial charge in [0.1, 0.15) is 13.2 Å². The van der Waals surface area contributed by atoms with E-state index in [4.69, 9.17) is 4.74 Å². The maximum absolute atomic E-state index is 13.0. The molecule has 2 aliphatic heterocycles. The molecule has 2 N–H and O–H groups in total. The van der Waals surface area contributed by atoms with E-state index >= 15 is 0 Å². The highest BCUT2D eigenvalue weighted by Crippen LogP contribution is 2.35. The minimum absolute atomic E-state index is 0.0551. The van der Waals surface area contributed by atoms with Gasteiger partial charge < -0.3 is 24.5 Å². The third-order valence-corrected chi connectivity index (χ3v) is 7.76. The Kier molecular flexibility index (Phi) is 5.37. The van der Waals surface area contributed by atoms with Gasteiger partial charge in [0.05, 0.1) is 12.1 Å². The first kappa shape index (κ1) is 21.9. The van der Waals surface area contributed by atoms with E-state index in [0.717, 1.165) is 35.3 Å². The zero-order valence-electron chi connectivity index (χ0n) is 20.1. The lowest BCUT2D eigenvalue weighted by Crippen LogP contribution is -2.43. The SMILES string of the molecule is CC1c2[nH]c3ccccc3c2CCN1C(=O)COCC(=O)N1CCc2c([nH]c3ccccc23)C1C. The second-order valence-electron chi connectivity index (χ2n) is 9.64. The zero-order valence-corrected chi connectivity index (χ0v) is 20.1. The second-order valence-corrected chi connectivity index (χ2v) is 9.64. The van der Waals surface area contributed by atoms with Gasteiger partial charge in [-0.2, -0.15) is 0 Å².